The van der Waals surface area contributed by atoms with Crippen LogP contribution < -0.4 is 9.47 Å². The van der Waals surface area contributed by atoms with Gasteiger partial charge in [0.25, 0.3) is 0 Å². The van der Waals surface area contributed by atoms with E-state index < -0.39 is 5.60 Å². The third kappa shape index (κ3) is 6.24. The number of carbonyl (C=O) groups excluding carboxylic acids is 1. The van der Waals surface area contributed by atoms with Gasteiger partial charge in [0.1, 0.15) is 35.7 Å². The first-order valence-electron chi connectivity index (χ1n) is 12.6. The summed E-state index contributed by atoms with van der Waals surface area (Å²) in [6.07, 6.45) is 3.23. The molecular formula is C26H33ClN6O4. The zero-order valence-corrected chi connectivity index (χ0v) is 22.5. The summed E-state index contributed by atoms with van der Waals surface area (Å²) in [5, 5.41) is 0.520. The van der Waals surface area contributed by atoms with E-state index in [4.69, 9.17) is 25.8 Å². The number of hydrogen-bond donors (Lipinski definition) is 1. The van der Waals surface area contributed by atoms with E-state index in [1.54, 1.807) is 11.0 Å². The van der Waals surface area contributed by atoms with Crippen LogP contribution >= 0.6 is 11.6 Å². The highest BCUT2D eigenvalue weighted by Gasteiger charge is 2.41. The smallest absolute Gasteiger partial charge is 0.410 e. The van der Waals surface area contributed by atoms with Crippen molar-refractivity contribution in [3.05, 3.63) is 29.5 Å². The molecule has 2 aromatic heterocycles. The Balaban J connectivity index is 1.15. The minimum atomic E-state index is -0.483. The van der Waals surface area contributed by atoms with E-state index in [-0.39, 0.29) is 11.7 Å². The number of imidazole rings is 1. The van der Waals surface area contributed by atoms with Crippen LogP contribution in [0.5, 0.6) is 11.6 Å². The summed E-state index contributed by atoms with van der Waals surface area (Å²) >= 11 is 6.60. The third-order valence-corrected chi connectivity index (χ3v) is 6.75. The van der Waals surface area contributed by atoms with Gasteiger partial charge in [0, 0.05) is 38.3 Å². The number of amides is 1. The topological polar surface area (TPSA) is 106 Å². The number of H-pyrrole nitrogens is 1. The maximum atomic E-state index is 12.2. The standard InChI is InChI=1S/C26H33ClN6O4/c1-25(2,3)37-24(34)33-11-9-32(10-12-33)13-14-35-17-5-6-18(19(27)15-17)21-30-20-22(31-21)28-16-29-23(20)36-26(4)7-8-26/h5-6,15-16H,7-14H2,1-4H3,(H,28,29,30,31). The molecule has 1 aromatic carbocycles. The number of fused-ring (bicyclic) bond motifs is 1. The van der Waals surface area contributed by atoms with Crippen molar-refractivity contribution < 1.29 is 19.0 Å². The third-order valence-electron chi connectivity index (χ3n) is 6.44. The average molecular weight is 529 g/mol. The number of aromatic amines is 1. The van der Waals surface area contributed by atoms with Crippen LogP contribution in [0.4, 0.5) is 4.79 Å². The Labute approximate surface area is 221 Å². The number of ether oxygens (including phenoxy) is 3. The van der Waals surface area contributed by atoms with Gasteiger partial charge in [-0.15, -0.1) is 0 Å². The predicted molar refractivity (Wildman–Crippen MR) is 140 cm³/mol. The van der Waals surface area contributed by atoms with Crippen molar-refractivity contribution in [3.8, 4) is 23.0 Å². The molecule has 37 heavy (non-hydrogen) atoms. The van der Waals surface area contributed by atoms with Crippen molar-refractivity contribution in [2.45, 2.75) is 51.7 Å². The molecule has 3 aromatic rings. The van der Waals surface area contributed by atoms with E-state index in [2.05, 4.69) is 31.8 Å². The molecule has 1 N–H and O–H groups in total. The summed E-state index contributed by atoms with van der Waals surface area (Å²) in [6.45, 7) is 11.8. The first-order valence-corrected chi connectivity index (χ1v) is 13.0. The van der Waals surface area contributed by atoms with Crippen molar-refractivity contribution >= 4 is 28.9 Å². The molecule has 1 amide bonds. The minimum Gasteiger partial charge on any atom is -0.492 e. The quantitative estimate of drug-likeness (QED) is 0.476. The second-order valence-electron chi connectivity index (χ2n) is 10.8. The minimum absolute atomic E-state index is 0.164. The van der Waals surface area contributed by atoms with Gasteiger partial charge in [0.2, 0.25) is 5.88 Å². The van der Waals surface area contributed by atoms with E-state index in [1.165, 1.54) is 6.33 Å². The molecule has 2 fully saturated rings. The fourth-order valence-electron chi connectivity index (χ4n) is 4.07. The van der Waals surface area contributed by atoms with Crippen molar-refractivity contribution in [2.24, 2.45) is 0 Å². The van der Waals surface area contributed by atoms with Gasteiger partial charge in [-0.25, -0.2) is 14.8 Å². The van der Waals surface area contributed by atoms with Gasteiger partial charge in [-0.3, -0.25) is 4.90 Å². The lowest BCUT2D eigenvalue weighted by Crippen LogP contribution is -2.50. The first kappa shape index (κ1) is 25.5. The Hall–Kier alpha value is -3.11. The number of aromatic nitrogens is 4. The van der Waals surface area contributed by atoms with E-state index >= 15 is 0 Å². The molecule has 198 valence electrons. The number of piperazine rings is 1. The van der Waals surface area contributed by atoms with Gasteiger partial charge < -0.3 is 24.1 Å². The van der Waals surface area contributed by atoms with Crippen molar-refractivity contribution in [2.75, 3.05) is 39.3 Å². The molecule has 1 saturated carbocycles. The Morgan fingerprint density at radius 2 is 1.92 bits per heavy atom. The van der Waals surface area contributed by atoms with Gasteiger partial charge >= 0.3 is 6.09 Å². The highest BCUT2D eigenvalue weighted by atomic mass is 35.5. The SMILES string of the molecule is CC(C)(C)OC(=O)N1CCN(CCOc2ccc(-c3nc4c(OC5(C)CC5)ncnc4[nH]3)c(Cl)c2)CC1. The lowest BCUT2D eigenvalue weighted by Gasteiger charge is -2.35. The van der Waals surface area contributed by atoms with E-state index in [9.17, 15) is 4.79 Å². The largest absolute Gasteiger partial charge is 0.492 e. The lowest BCUT2D eigenvalue weighted by molar-refractivity contribution is 0.0137. The zero-order valence-electron chi connectivity index (χ0n) is 21.7. The Morgan fingerprint density at radius 3 is 2.59 bits per heavy atom. The van der Waals surface area contributed by atoms with Gasteiger partial charge in [-0.2, -0.15) is 4.98 Å². The van der Waals surface area contributed by atoms with Crippen LogP contribution in [0.2, 0.25) is 5.02 Å². The Bertz CT molecular complexity index is 1280. The number of rotatable bonds is 7. The maximum absolute atomic E-state index is 12.2. The molecule has 0 atom stereocenters. The average Bonchev–Trinajstić information content (AvgIpc) is 3.39. The van der Waals surface area contributed by atoms with E-state index in [0.717, 1.165) is 38.0 Å². The van der Waals surface area contributed by atoms with E-state index in [1.807, 2.05) is 32.9 Å². The molecule has 5 rings (SSSR count). The Kier molecular flexibility index (Phi) is 6.89. The van der Waals surface area contributed by atoms with Crippen molar-refractivity contribution in [1.29, 1.82) is 0 Å². The molecule has 0 spiro atoms. The number of nitrogens with one attached hydrogen (secondary N) is 1. The fourth-order valence-corrected chi connectivity index (χ4v) is 4.33. The maximum Gasteiger partial charge on any atom is 0.410 e. The van der Waals surface area contributed by atoms with Crippen LogP contribution in [0.3, 0.4) is 0 Å². The number of hydrogen-bond acceptors (Lipinski definition) is 8. The second-order valence-corrected chi connectivity index (χ2v) is 11.2. The highest BCUT2D eigenvalue weighted by molar-refractivity contribution is 6.33. The summed E-state index contributed by atoms with van der Waals surface area (Å²) in [5.74, 6) is 1.76. The second kappa shape index (κ2) is 9.98. The van der Waals surface area contributed by atoms with Crippen LogP contribution in [0.1, 0.15) is 40.5 Å². The Morgan fingerprint density at radius 1 is 1.16 bits per heavy atom. The molecule has 0 bridgehead atoms. The molecule has 3 heterocycles. The first-order chi connectivity index (χ1) is 17.6. The molecule has 0 radical (unpaired) electrons. The summed E-state index contributed by atoms with van der Waals surface area (Å²) in [5.41, 5.74) is 1.29. The highest BCUT2D eigenvalue weighted by Crippen LogP contribution is 2.40. The normalized spacial score (nSPS) is 17.6. The number of carbonyl (C=O) groups is 1. The van der Waals surface area contributed by atoms with Crippen molar-refractivity contribution in [1.82, 2.24) is 29.7 Å². The summed E-state index contributed by atoms with van der Waals surface area (Å²) in [6, 6.07) is 5.55. The van der Waals surface area contributed by atoms with Crippen molar-refractivity contribution in [3.63, 3.8) is 0 Å². The number of nitrogens with zero attached hydrogens (tertiary/aromatic N) is 5. The summed E-state index contributed by atoms with van der Waals surface area (Å²) < 4.78 is 17.5. The van der Waals surface area contributed by atoms with Crippen LogP contribution in [-0.2, 0) is 4.74 Å². The molecule has 11 heteroatoms. The molecule has 1 aliphatic heterocycles. The number of benzene rings is 1. The van der Waals surface area contributed by atoms with E-state index in [0.29, 0.717) is 53.3 Å². The summed E-state index contributed by atoms with van der Waals surface area (Å²) in [7, 11) is 0. The molecule has 10 nitrogen and oxygen atoms in total. The molecule has 1 saturated heterocycles. The van der Waals surface area contributed by atoms with Crippen LogP contribution in [0.15, 0.2) is 24.5 Å². The monoisotopic (exact) mass is 528 g/mol. The molecule has 1 aliphatic carbocycles. The van der Waals surface area contributed by atoms with Gasteiger partial charge in [0.05, 0.1) is 5.02 Å². The fraction of sp³-hybridized carbons (Fsp3) is 0.538. The van der Waals surface area contributed by atoms with Crippen LogP contribution in [0.25, 0.3) is 22.6 Å². The predicted octanol–water partition coefficient (Wildman–Crippen LogP) is 4.54. The van der Waals surface area contributed by atoms with Crippen LogP contribution in [-0.4, -0.2) is 86.4 Å². The summed E-state index contributed by atoms with van der Waals surface area (Å²) in [4.78, 5) is 32.7. The molecule has 2 aliphatic rings. The number of halogens is 1. The lowest BCUT2D eigenvalue weighted by atomic mass is 10.2. The zero-order chi connectivity index (χ0) is 26.2. The molecular weight excluding hydrogens is 496 g/mol. The molecule has 0 unspecified atom stereocenters. The van der Waals surface area contributed by atoms with Gasteiger partial charge in [-0.05, 0) is 58.7 Å². The van der Waals surface area contributed by atoms with Gasteiger partial charge in [0.15, 0.2) is 11.2 Å². The van der Waals surface area contributed by atoms with Crippen LogP contribution in [0, 0.1) is 0 Å². The van der Waals surface area contributed by atoms with Gasteiger partial charge in [-0.1, -0.05) is 11.6 Å².